The van der Waals surface area contributed by atoms with Crippen LogP contribution in [0.5, 0.6) is 0 Å². The first-order valence-corrected chi connectivity index (χ1v) is 8.22. The van der Waals surface area contributed by atoms with Crippen molar-refractivity contribution in [1.82, 2.24) is 9.78 Å². The van der Waals surface area contributed by atoms with Crippen LogP contribution in [0.1, 0.15) is 30.4 Å². The van der Waals surface area contributed by atoms with Gasteiger partial charge in [0.1, 0.15) is 17.5 Å². The molecule has 0 aliphatic heterocycles. The minimum absolute atomic E-state index is 0.0917. The molecule has 5 nitrogen and oxygen atoms in total. The molecule has 7 heteroatoms. The number of benzene rings is 1. The number of hydrogen-bond acceptors (Lipinski definition) is 4. The zero-order valence-corrected chi connectivity index (χ0v) is 14.2. The van der Waals surface area contributed by atoms with Crippen molar-refractivity contribution in [3.8, 4) is 6.07 Å². The second-order valence-electron chi connectivity index (χ2n) is 5.53. The van der Waals surface area contributed by atoms with Crippen molar-refractivity contribution in [3.05, 3.63) is 57.3 Å². The van der Waals surface area contributed by atoms with E-state index in [0.717, 1.165) is 24.1 Å². The number of carbonyl (C=O) groups excluding carboxylic acids is 1. The van der Waals surface area contributed by atoms with Crippen LogP contribution in [0.4, 0.5) is 5.82 Å². The lowest BCUT2D eigenvalue weighted by molar-refractivity contribution is -0.115. The summed E-state index contributed by atoms with van der Waals surface area (Å²) in [5.41, 5.74) is 2.05. The van der Waals surface area contributed by atoms with Crippen LogP contribution >= 0.6 is 23.2 Å². The summed E-state index contributed by atoms with van der Waals surface area (Å²) in [7, 11) is 0. The van der Waals surface area contributed by atoms with Gasteiger partial charge >= 0.3 is 0 Å². The highest BCUT2D eigenvalue weighted by Gasteiger charge is 2.16. The van der Waals surface area contributed by atoms with E-state index in [0.29, 0.717) is 34.4 Å². The fraction of sp³-hybridized carbons (Fsp3) is 0.235. The van der Waals surface area contributed by atoms with E-state index >= 15 is 0 Å². The number of carbonyl (C=O) groups is 1. The zero-order valence-electron chi connectivity index (χ0n) is 12.7. The molecule has 0 spiro atoms. The Bertz CT molecular complexity index is 864. The summed E-state index contributed by atoms with van der Waals surface area (Å²) >= 11 is 12.1. The van der Waals surface area contributed by atoms with E-state index in [4.69, 9.17) is 23.2 Å². The molecule has 0 unspecified atom stereocenters. The Labute approximate surface area is 149 Å². The van der Waals surface area contributed by atoms with Gasteiger partial charge in [0.05, 0.1) is 12.7 Å². The van der Waals surface area contributed by atoms with Crippen LogP contribution in [0.3, 0.4) is 0 Å². The summed E-state index contributed by atoms with van der Waals surface area (Å²) in [6.45, 7) is 0.390. The van der Waals surface area contributed by atoms with Gasteiger partial charge in [0, 0.05) is 28.2 Å². The molecular formula is C17H14Cl2N4O. The maximum absolute atomic E-state index is 11.6. The molecule has 0 bridgehead atoms. The quantitative estimate of drug-likeness (QED) is 0.888. The molecule has 0 amide bonds. The molecule has 1 N–H and O–H groups in total. The van der Waals surface area contributed by atoms with Crippen LogP contribution in [0.2, 0.25) is 10.0 Å². The number of aromatic nitrogens is 2. The van der Waals surface area contributed by atoms with E-state index in [1.165, 1.54) is 6.20 Å². The van der Waals surface area contributed by atoms with E-state index in [1.807, 2.05) is 6.07 Å². The molecule has 2 aromatic rings. The summed E-state index contributed by atoms with van der Waals surface area (Å²) in [5.74, 6) is 0.651. The van der Waals surface area contributed by atoms with Gasteiger partial charge in [0.2, 0.25) is 0 Å². The minimum Gasteiger partial charge on any atom is -0.343 e. The highest BCUT2D eigenvalue weighted by Crippen LogP contribution is 2.25. The van der Waals surface area contributed by atoms with Crippen LogP contribution in [-0.4, -0.2) is 15.6 Å². The van der Waals surface area contributed by atoms with E-state index in [1.54, 1.807) is 22.9 Å². The third kappa shape index (κ3) is 3.61. The monoisotopic (exact) mass is 360 g/mol. The lowest BCUT2D eigenvalue weighted by Gasteiger charge is -2.16. The second kappa shape index (κ2) is 7.08. The third-order valence-electron chi connectivity index (χ3n) is 3.78. The third-order valence-corrected chi connectivity index (χ3v) is 4.37. The molecule has 0 radical (unpaired) electrons. The van der Waals surface area contributed by atoms with Crippen molar-refractivity contribution in [2.75, 3.05) is 5.32 Å². The maximum Gasteiger partial charge on any atom is 0.157 e. The van der Waals surface area contributed by atoms with Crippen LogP contribution in [-0.2, 0) is 11.3 Å². The van der Waals surface area contributed by atoms with Gasteiger partial charge < -0.3 is 5.32 Å². The Kier molecular flexibility index (Phi) is 4.89. The number of rotatable bonds is 4. The van der Waals surface area contributed by atoms with Gasteiger partial charge in [-0.3, -0.25) is 4.79 Å². The number of halogens is 2. The summed E-state index contributed by atoms with van der Waals surface area (Å²) in [4.78, 5) is 11.6. The average molecular weight is 361 g/mol. The molecule has 0 fully saturated rings. The van der Waals surface area contributed by atoms with Gasteiger partial charge in [-0.25, -0.2) is 4.68 Å². The molecule has 1 heterocycles. The Morgan fingerprint density at radius 3 is 2.88 bits per heavy atom. The normalized spacial score (nSPS) is 14.2. The lowest BCUT2D eigenvalue weighted by Crippen LogP contribution is -2.13. The topological polar surface area (TPSA) is 70.7 Å². The predicted octanol–water partition coefficient (Wildman–Crippen LogP) is 4.16. The second-order valence-corrected chi connectivity index (χ2v) is 6.37. The molecule has 1 aliphatic rings. The first kappa shape index (κ1) is 16.6. The number of nitrogens with zero attached hydrogens (tertiary/aromatic N) is 3. The van der Waals surface area contributed by atoms with Crippen molar-refractivity contribution in [3.63, 3.8) is 0 Å². The molecular weight excluding hydrogens is 347 g/mol. The van der Waals surface area contributed by atoms with Crippen LogP contribution in [0.15, 0.2) is 36.2 Å². The summed E-state index contributed by atoms with van der Waals surface area (Å²) in [6, 6.07) is 7.37. The molecule has 122 valence electrons. The van der Waals surface area contributed by atoms with E-state index in [9.17, 15) is 10.1 Å². The zero-order chi connectivity index (χ0) is 17.1. The summed E-state index contributed by atoms with van der Waals surface area (Å²) in [6.07, 6.45) is 5.23. The van der Waals surface area contributed by atoms with Gasteiger partial charge in [-0.15, -0.1) is 0 Å². The molecule has 1 aromatic carbocycles. The SMILES string of the molecule is N#Cc1cnn(Cc2ccc(Cl)cc2Cl)c1NC1=CC(=O)CCC1. The lowest BCUT2D eigenvalue weighted by atomic mass is 10.0. The van der Waals surface area contributed by atoms with Crippen molar-refractivity contribution in [2.45, 2.75) is 25.8 Å². The Morgan fingerprint density at radius 1 is 1.33 bits per heavy atom. The van der Waals surface area contributed by atoms with Crippen LogP contribution in [0, 0.1) is 11.3 Å². The smallest absolute Gasteiger partial charge is 0.157 e. The Hall–Kier alpha value is -2.29. The molecule has 1 aliphatic carbocycles. The fourth-order valence-electron chi connectivity index (χ4n) is 2.57. The van der Waals surface area contributed by atoms with Crippen LogP contribution in [0.25, 0.3) is 0 Å². The first-order valence-electron chi connectivity index (χ1n) is 7.47. The number of nitriles is 1. The fourth-order valence-corrected chi connectivity index (χ4v) is 3.04. The number of ketones is 1. The number of hydrogen-bond donors (Lipinski definition) is 1. The molecule has 0 saturated carbocycles. The molecule has 0 saturated heterocycles. The van der Waals surface area contributed by atoms with Gasteiger partial charge in [-0.1, -0.05) is 29.3 Å². The van der Waals surface area contributed by atoms with E-state index in [-0.39, 0.29) is 5.78 Å². The molecule has 1 aromatic heterocycles. The maximum atomic E-state index is 11.6. The first-order chi connectivity index (χ1) is 11.6. The molecule has 3 rings (SSSR count). The Morgan fingerprint density at radius 2 is 2.17 bits per heavy atom. The number of nitrogens with one attached hydrogen (secondary N) is 1. The van der Waals surface area contributed by atoms with Gasteiger partial charge in [-0.05, 0) is 30.5 Å². The minimum atomic E-state index is 0.0917. The van der Waals surface area contributed by atoms with Crippen molar-refractivity contribution >= 4 is 34.8 Å². The van der Waals surface area contributed by atoms with Gasteiger partial charge in [0.15, 0.2) is 5.78 Å². The largest absolute Gasteiger partial charge is 0.343 e. The van der Waals surface area contributed by atoms with Crippen molar-refractivity contribution in [2.24, 2.45) is 0 Å². The van der Waals surface area contributed by atoms with E-state index < -0.39 is 0 Å². The summed E-state index contributed by atoms with van der Waals surface area (Å²) < 4.78 is 1.66. The van der Waals surface area contributed by atoms with Gasteiger partial charge in [-0.2, -0.15) is 10.4 Å². The highest BCUT2D eigenvalue weighted by atomic mass is 35.5. The van der Waals surface area contributed by atoms with Crippen LogP contribution < -0.4 is 5.32 Å². The Balaban J connectivity index is 1.90. The standard InChI is InChI=1S/C17H14Cl2N4O/c18-13-5-4-11(16(19)6-13)10-23-17(12(8-20)9-21-23)22-14-2-1-3-15(24)7-14/h4-7,9,22H,1-3,10H2. The highest BCUT2D eigenvalue weighted by molar-refractivity contribution is 6.35. The predicted molar refractivity (Wildman–Crippen MR) is 93.1 cm³/mol. The summed E-state index contributed by atoms with van der Waals surface area (Å²) in [5, 5.41) is 17.8. The van der Waals surface area contributed by atoms with Gasteiger partial charge in [0.25, 0.3) is 0 Å². The van der Waals surface area contributed by atoms with Crippen molar-refractivity contribution in [1.29, 1.82) is 5.26 Å². The molecule has 24 heavy (non-hydrogen) atoms. The number of anilines is 1. The van der Waals surface area contributed by atoms with E-state index in [2.05, 4.69) is 16.5 Å². The number of allylic oxidation sites excluding steroid dienone is 2. The molecule has 0 atom stereocenters. The van der Waals surface area contributed by atoms with Crippen molar-refractivity contribution < 1.29 is 4.79 Å². The average Bonchev–Trinajstić information content (AvgIpc) is 2.92.